The lowest BCUT2D eigenvalue weighted by Crippen LogP contribution is -1.86. The van der Waals surface area contributed by atoms with Crippen LogP contribution in [0.15, 0.2) is 84.9 Å². The number of aromatic nitrogens is 1. The summed E-state index contributed by atoms with van der Waals surface area (Å²) in [5.74, 6) is 0. The first kappa shape index (κ1) is 18.3. The van der Waals surface area contributed by atoms with Crippen LogP contribution in [-0.4, -0.2) is 9.91 Å². The summed E-state index contributed by atoms with van der Waals surface area (Å²) in [6.45, 7) is 0. The van der Waals surface area contributed by atoms with Crippen LogP contribution in [0.1, 0.15) is 22.4 Å². The van der Waals surface area contributed by atoms with Crippen molar-refractivity contribution in [1.29, 1.82) is 0 Å². The summed E-state index contributed by atoms with van der Waals surface area (Å²) in [6.07, 6.45) is 7.97. The van der Waals surface area contributed by atoms with E-state index in [9.17, 15) is 10.1 Å². The molecule has 4 heteroatoms. The molecule has 140 valence electrons. The molecule has 0 unspecified atom stereocenters. The molecule has 0 aliphatic rings. The highest BCUT2D eigenvalue weighted by Crippen LogP contribution is 2.16. The van der Waals surface area contributed by atoms with Crippen LogP contribution >= 0.6 is 0 Å². The van der Waals surface area contributed by atoms with Gasteiger partial charge in [0.2, 0.25) is 0 Å². The number of non-ortho nitro benzene ring substituents is 1. The Morgan fingerprint density at radius 2 is 1.21 bits per heavy atom. The molecule has 4 nitrogen and oxygen atoms in total. The van der Waals surface area contributed by atoms with Gasteiger partial charge in [0.15, 0.2) is 0 Å². The van der Waals surface area contributed by atoms with E-state index in [1.165, 1.54) is 12.1 Å². The minimum atomic E-state index is -0.396. The van der Waals surface area contributed by atoms with Crippen molar-refractivity contribution in [3.05, 3.63) is 117 Å². The minimum absolute atomic E-state index is 0.0965. The third-order valence-electron chi connectivity index (χ3n) is 4.58. The van der Waals surface area contributed by atoms with Crippen molar-refractivity contribution in [1.82, 2.24) is 4.98 Å². The number of nitro benzene ring substituents is 1. The summed E-state index contributed by atoms with van der Waals surface area (Å²) in [4.78, 5) is 15.0. The molecule has 0 fully saturated rings. The van der Waals surface area contributed by atoms with Crippen LogP contribution in [0.5, 0.6) is 0 Å². The molecule has 1 heterocycles. The van der Waals surface area contributed by atoms with Crippen LogP contribution in [0, 0.1) is 10.1 Å². The quantitative estimate of drug-likeness (QED) is 0.227. The Kier molecular flexibility index (Phi) is 5.25. The molecule has 29 heavy (non-hydrogen) atoms. The molecule has 0 aliphatic carbocycles. The molecule has 0 spiro atoms. The number of nitro groups is 1. The molecule has 0 bridgehead atoms. The van der Waals surface area contributed by atoms with Gasteiger partial charge in [-0.05, 0) is 47.0 Å². The highest BCUT2D eigenvalue weighted by molar-refractivity contribution is 5.81. The van der Waals surface area contributed by atoms with E-state index in [2.05, 4.69) is 17.1 Å². The van der Waals surface area contributed by atoms with E-state index in [1.807, 2.05) is 72.8 Å². The number of para-hydroxylation sites is 1. The molecule has 1 aromatic heterocycles. The zero-order valence-electron chi connectivity index (χ0n) is 15.6. The molecule has 0 saturated carbocycles. The third kappa shape index (κ3) is 4.62. The fourth-order valence-electron chi connectivity index (χ4n) is 2.97. The second-order valence-corrected chi connectivity index (χ2v) is 6.61. The number of nitrogens with zero attached hydrogens (tertiary/aromatic N) is 2. The Balaban J connectivity index is 1.44. The summed E-state index contributed by atoms with van der Waals surface area (Å²) in [7, 11) is 0. The van der Waals surface area contributed by atoms with Crippen molar-refractivity contribution >= 4 is 40.9 Å². The fourth-order valence-corrected chi connectivity index (χ4v) is 2.97. The van der Waals surface area contributed by atoms with Crippen LogP contribution < -0.4 is 0 Å². The monoisotopic (exact) mass is 378 g/mol. The zero-order valence-corrected chi connectivity index (χ0v) is 15.6. The molecular formula is C25H18N2O2. The molecule has 0 amide bonds. The molecule has 4 aromatic rings. The zero-order chi connectivity index (χ0) is 20.1. The fraction of sp³-hybridized carbons (Fsp3) is 0. The van der Waals surface area contributed by atoms with Gasteiger partial charge in [0.25, 0.3) is 5.69 Å². The van der Waals surface area contributed by atoms with E-state index >= 15 is 0 Å². The van der Waals surface area contributed by atoms with E-state index in [4.69, 9.17) is 0 Å². The molecule has 4 rings (SSSR count). The second kappa shape index (κ2) is 8.31. The maximum atomic E-state index is 10.7. The predicted molar refractivity (Wildman–Crippen MR) is 119 cm³/mol. The third-order valence-corrected chi connectivity index (χ3v) is 4.58. The van der Waals surface area contributed by atoms with Gasteiger partial charge in [-0.3, -0.25) is 10.1 Å². The van der Waals surface area contributed by atoms with Crippen molar-refractivity contribution in [3.63, 3.8) is 0 Å². The average molecular weight is 378 g/mol. The highest BCUT2D eigenvalue weighted by atomic mass is 16.6. The van der Waals surface area contributed by atoms with Crippen molar-refractivity contribution in [2.75, 3.05) is 0 Å². The average Bonchev–Trinajstić information content (AvgIpc) is 2.77. The Labute approximate surface area is 168 Å². The Morgan fingerprint density at radius 1 is 0.655 bits per heavy atom. The van der Waals surface area contributed by atoms with E-state index < -0.39 is 4.92 Å². The minimum Gasteiger partial charge on any atom is -0.258 e. The number of pyridine rings is 1. The number of hydrogen-bond donors (Lipinski definition) is 0. The number of fused-ring (bicyclic) bond motifs is 1. The first-order chi connectivity index (χ1) is 14.2. The van der Waals surface area contributed by atoms with Crippen molar-refractivity contribution < 1.29 is 4.92 Å². The summed E-state index contributed by atoms with van der Waals surface area (Å²) in [5.41, 5.74) is 5.07. The number of rotatable bonds is 5. The van der Waals surface area contributed by atoms with Gasteiger partial charge in [-0.1, -0.05) is 66.8 Å². The van der Waals surface area contributed by atoms with Gasteiger partial charge in [0.05, 0.1) is 16.1 Å². The Bertz CT molecular complexity index is 1210. The van der Waals surface area contributed by atoms with E-state index in [1.54, 1.807) is 12.1 Å². The molecule has 0 aliphatic heterocycles. The van der Waals surface area contributed by atoms with Crippen LogP contribution in [0.2, 0.25) is 0 Å². The van der Waals surface area contributed by atoms with Crippen molar-refractivity contribution in [3.8, 4) is 0 Å². The topological polar surface area (TPSA) is 56.0 Å². The maximum absolute atomic E-state index is 10.7. The van der Waals surface area contributed by atoms with Gasteiger partial charge < -0.3 is 0 Å². The first-order valence-corrected chi connectivity index (χ1v) is 9.24. The highest BCUT2D eigenvalue weighted by Gasteiger charge is 2.02. The smallest absolute Gasteiger partial charge is 0.258 e. The van der Waals surface area contributed by atoms with Crippen LogP contribution in [-0.2, 0) is 0 Å². The Hall–Kier alpha value is -4.05. The van der Waals surface area contributed by atoms with E-state index in [-0.39, 0.29) is 5.69 Å². The second-order valence-electron chi connectivity index (χ2n) is 6.61. The van der Waals surface area contributed by atoms with Gasteiger partial charge >= 0.3 is 0 Å². The standard InChI is InChI=1S/C25H18N2O2/c28-27(29)24-17-12-21(13-18-24)10-7-19-5-8-20(9-6-19)11-15-23-16-14-22-3-1-2-4-25(22)26-23/h1-18H/b10-7+,15-11+. The van der Waals surface area contributed by atoms with Crippen LogP contribution in [0.4, 0.5) is 5.69 Å². The summed E-state index contributed by atoms with van der Waals surface area (Å²) in [5, 5.41) is 11.8. The van der Waals surface area contributed by atoms with Crippen molar-refractivity contribution in [2.24, 2.45) is 0 Å². The number of benzene rings is 3. The van der Waals surface area contributed by atoms with Crippen LogP contribution in [0.25, 0.3) is 35.2 Å². The molecular weight excluding hydrogens is 360 g/mol. The summed E-state index contributed by atoms with van der Waals surface area (Å²) >= 11 is 0. The lowest BCUT2D eigenvalue weighted by molar-refractivity contribution is -0.384. The largest absolute Gasteiger partial charge is 0.269 e. The summed E-state index contributed by atoms with van der Waals surface area (Å²) in [6, 6.07) is 26.8. The van der Waals surface area contributed by atoms with Gasteiger partial charge in [-0.2, -0.15) is 0 Å². The van der Waals surface area contributed by atoms with Gasteiger partial charge in [-0.15, -0.1) is 0 Å². The van der Waals surface area contributed by atoms with Gasteiger partial charge in [-0.25, -0.2) is 4.98 Å². The molecule has 0 saturated heterocycles. The maximum Gasteiger partial charge on any atom is 0.269 e. The van der Waals surface area contributed by atoms with Crippen molar-refractivity contribution in [2.45, 2.75) is 0 Å². The lowest BCUT2D eigenvalue weighted by Gasteiger charge is -1.99. The first-order valence-electron chi connectivity index (χ1n) is 9.24. The van der Waals surface area contributed by atoms with Gasteiger partial charge in [0.1, 0.15) is 0 Å². The van der Waals surface area contributed by atoms with E-state index in [0.29, 0.717) is 0 Å². The molecule has 0 atom stereocenters. The predicted octanol–water partition coefficient (Wildman–Crippen LogP) is 6.48. The lowest BCUT2D eigenvalue weighted by atomic mass is 10.1. The van der Waals surface area contributed by atoms with E-state index in [0.717, 1.165) is 33.3 Å². The molecule has 3 aromatic carbocycles. The Morgan fingerprint density at radius 3 is 1.83 bits per heavy atom. The molecule has 0 radical (unpaired) electrons. The number of hydrogen-bond acceptors (Lipinski definition) is 3. The SMILES string of the molecule is O=[N+]([O-])c1ccc(/C=C/c2ccc(/C=C/c3ccc4ccccc4n3)cc2)cc1. The van der Waals surface area contributed by atoms with Gasteiger partial charge in [0, 0.05) is 17.5 Å². The van der Waals surface area contributed by atoms with Crippen LogP contribution in [0.3, 0.4) is 0 Å². The normalized spacial score (nSPS) is 11.4. The summed E-state index contributed by atoms with van der Waals surface area (Å²) < 4.78 is 0. The molecule has 0 N–H and O–H groups in total.